The number of pyridine rings is 1. The number of piperidine rings is 1. The van der Waals surface area contributed by atoms with Crippen LogP contribution in [-0.4, -0.2) is 58.3 Å². The number of primary amides is 1. The maximum Gasteiger partial charge on any atom is 0.255 e. The molecule has 158 valence electrons. The molecule has 0 aliphatic carbocycles. The summed E-state index contributed by atoms with van der Waals surface area (Å²) in [5.74, 6) is 0.614. The van der Waals surface area contributed by atoms with Crippen LogP contribution in [0.2, 0.25) is 5.02 Å². The minimum absolute atomic E-state index is 0.0434. The molecule has 1 unspecified atom stereocenters. The van der Waals surface area contributed by atoms with Crippen LogP contribution in [0.3, 0.4) is 0 Å². The fraction of sp³-hybridized carbons (Fsp3) is 0.409. The van der Waals surface area contributed by atoms with Gasteiger partial charge in [-0.15, -0.1) is 0 Å². The standard InChI is InChI=1S/C22H25ClN4O3/c23-17-4-1-2-6-19(17)30-20-8-7-15(14-25-20)22(29)26-12-9-16(10-13-26)27-11-3-5-18(27)21(24)28/h1-2,4,6-8,14,16,18H,3,5,9-13H2,(H2,24,28). The molecule has 4 rings (SSSR count). The third-order valence-corrected chi connectivity index (χ3v) is 6.19. The second kappa shape index (κ2) is 9.02. The number of benzene rings is 1. The van der Waals surface area contributed by atoms with E-state index in [4.69, 9.17) is 22.1 Å². The van der Waals surface area contributed by atoms with E-state index in [1.165, 1.54) is 6.20 Å². The SMILES string of the molecule is NC(=O)C1CCCN1C1CCN(C(=O)c2ccc(Oc3ccccc3Cl)nc2)CC1. The van der Waals surface area contributed by atoms with Gasteiger partial charge in [0.15, 0.2) is 0 Å². The molecule has 0 bridgehead atoms. The van der Waals surface area contributed by atoms with Crippen LogP contribution in [0.15, 0.2) is 42.6 Å². The van der Waals surface area contributed by atoms with Crippen molar-refractivity contribution in [2.24, 2.45) is 5.73 Å². The Kier molecular flexibility index (Phi) is 6.20. The number of ether oxygens (including phenoxy) is 1. The Bertz CT molecular complexity index is 913. The minimum atomic E-state index is -0.240. The molecule has 2 saturated heterocycles. The molecular formula is C22H25ClN4O3. The first-order chi connectivity index (χ1) is 14.5. The van der Waals surface area contributed by atoms with Gasteiger partial charge in [0, 0.05) is 31.4 Å². The summed E-state index contributed by atoms with van der Waals surface area (Å²) in [6, 6.07) is 10.7. The summed E-state index contributed by atoms with van der Waals surface area (Å²) in [7, 11) is 0. The summed E-state index contributed by atoms with van der Waals surface area (Å²) in [5, 5.41) is 0.499. The van der Waals surface area contributed by atoms with Gasteiger partial charge in [0.2, 0.25) is 11.8 Å². The Morgan fingerprint density at radius 3 is 2.50 bits per heavy atom. The zero-order chi connectivity index (χ0) is 21.1. The molecule has 1 aromatic carbocycles. The first-order valence-corrected chi connectivity index (χ1v) is 10.6. The van der Waals surface area contributed by atoms with Crippen molar-refractivity contribution in [1.29, 1.82) is 0 Å². The second-order valence-corrected chi connectivity index (χ2v) is 8.15. The number of hydrogen-bond acceptors (Lipinski definition) is 5. The van der Waals surface area contributed by atoms with E-state index in [9.17, 15) is 9.59 Å². The smallest absolute Gasteiger partial charge is 0.255 e. The average molecular weight is 429 g/mol. The number of likely N-dealkylation sites (tertiary alicyclic amines) is 2. The van der Waals surface area contributed by atoms with Crippen molar-refractivity contribution in [3.63, 3.8) is 0 Å². The predicted octanol–water partition coefficient (Wildman–Crippen LogP) is 3.08. The number of nitrogens with zero attached hydrogens (tertiary/aromatic N) is 3. The molecule has 0 radical (unpaired) electrons. The molecule has 1 aromatic heterocycles. The number of carbonyl (C=O) groups excluding carboxylic acids is 2. The van der Waals surface area contributed by atoms with E-state index in [-0.39, 0.29) is 17.9 Å². The molecule has 2 fully saturated rings. The zero-order valence-corrected chi connectivity index (χ0v) is 17.4. The van der Waals surface area contributed by atoms with Gasteiger partial charge in [-0.3, -0.25) is 14.5 Å². The molecule has 1 atom stereocenters. The number of rotatable bonds is 5. The molecular weight excluding hydrogens is 404 g/mol. The second-order valence-electron chi connectivity index (χ2n) is 7.74. The summed E-state index contributed by atoms with van der Waals surface area (Å²) >= 11 is 6.10. The summed E-state index contributed by atoms with van der Waals surface area (Å²) < 4.78 is 5.68. The minimum Gasteiger partial charge on any atom is -0.437 e. The Morgan fingerprint density at radius 1 is 1.07 bits per heavy atom. The van der Waals surface area contributed by atoms with Crippen molar-refractivity contribution in [1.82, 2.24) is 14.8 Å². The number of halogens is 1. The van der Waals surface area contributed by atoms with E-state index in [0.717, 1.165) is 32.2 Å². The first kappa shape index (κ1) is 20.6. The van der Waals surface area contributed by atoms with E-state index in [1.54, 1.807) is 24.3 Å². The molecule has 0 spiro atoms. The average Bonchev–Trinajstić information content (AvgIpc) is 3.26. The van der Waals surface area contributed by atoms with Crippen LogP contribution in [0.1, 0.15) is 36.0 Å². The number of amides is 2. The van der Waals surface area contributed by atoms with Crippen LogP contribution < -0.4 is 10.5 Å². The number of para-hydroxylation sites is 1. The summed E-state index contributed by atoms with van der Waals surface area (Å²) in [4.78, 5) is 32.8. The van der Waals surface area contributed by atoms with Gasteiger partial charge in [0.25, 0.3) is 5.91 Å². The van der Waals surface area contributed by atoms with Crippen LogP contribution >= 0.6 is 11.6 Å². The lowest BCUT2D eigenvalue weighted by Crippen LogP contribution is -2.51. The number of hydrogen-bond donors (Lipinski definition) is 1. The van der Waals surface area contributed by atoms with Gasteiger partial charge in [-0.25, -0.2) is 4.98 Å². The fourth-order valence-corrected chi connectivity index (χ4v) is 4.50. The van der Waals surface area contributed by atoms with Crippen LogP contribution in [0.5, 0.6) is 11.6 Å². The highest BCUT2D eigenvalue weighted by atomic mass is 35.5. The van der Waals surface area contributed by atoms with Crippen molar-refractivity contribution in [2.45, 2.75) is 37.8 Å². The van der Waals surface area contributed by atoms with Gasteiger partial charge in [0.05, 0.1) is 16.6 Å². The highest BCUT2D eigenvalue weighted by Crippen LogP contribution is 2.29. The van der Waals surface area contributed by atoms with Gasteiger partial charge in [-0.2, -0.15) is 0 Å². The molecule has 2 amide bonds. The largest absolute Gasteiger partial charge is 0.437 e. The highest BCUT2D eigenvalue weighted by Gasteiger charge is 2.36. The number of aromatic nitrogens is 1. The monoisotopic (exact) mass is 428 g/mol. The molecule has 3 heterocycles. The summed E-state index contributed by atoms with van der Waals surface area (Å²) in [6.07, 6.45) is 5.06. The molecule has 2 aromatic rings. The predicted molar refractivity (Wildman–Crippen MR) is 114 cm³/mol. The van der Waals surface area contributed by atoms with Crippen molar-refractivity contribution in [3.05, 3.63) is 53.2 Å². The maximum absolute atomic E-state index is 12.9. The number of carbonyl (C=O) groups is 2. The number of nitrogens with two attached hydrogens (primary N) is 1. The van der Waals surface area contributed by atoms with Gasteiger partial charge in [-0.1, -0.05) is 23.7 Å². The third-order valence-electron chi connectivity index (χ3n) is 5.88. The van der Waals surface area contributed by atoms with E-state index >= 15 is 0 Å². The van der Waals surface area contributed by atoms with Gasteiger partial charge >= 0.3 is 0 Å². The van der Waals surface area contributed by atoms with E-state index in [0.29, 0.717) is 41.3 Å². The van der Waals surface area contributed by atoms with Crippen molar-refractivity contribution in [3.8, 4) is 11.6 Å². The Hall–Kier alpha value is -2.64. The van der Waals surface area contributed by atoms with Gasteiger partial charge in [0.1, 0.15) is 5.75 Å². The molecule has 2 aliphatic rings. The van der Waals surface area contributed by atoms with E-state index in [2.05, 4.69) is 9.88 Å². The first-order valence-electron chi connectivity index (χ1n) is 10.3. The third kappa shape index (κ3) is 4.42. The lowest BCUT2D eigenvalue weighted by Gasteiger charge is -2.38. The molecule has 7 nitrogen and oxygen atoms in total. The summed E-state index contributed by atoms with van der Waals surface area (Å²) in [6.45, 7) is 2.22. The Morgan fingerprint density at radius 2 is 1.83 bits per heavy atom. The summed E-state index contributed by atoms with van der Waals surface area (Å²) in [5.41, 5.74) is 6.07. The van der Waals surface area contributed by atoms with Gasteiger partial charge in [-0.05, 0) is 50.4 Å². The normalized spacial score (nSPS) is 20.3. The van der Waals surface area contributed by atoms with Gasteiger partial charge < -0.3 is 15.4 Å². The molecule has 0 saturated carbocycles. The molecule has 2 N–H and O–H groups in total. The Balaban J connectivity index is 1.34. The van der Waals surface area contributed by atoms with E-state index in [1.807, 2.05) is 17.0 Å². The molecule has 2 aliphatic heterocycles. The van der Waals surface area contributed by atoms with Crippen LogP contribution in [0, 0.1) is 0 Å². The lowest BCUT2D eigenvalue weighted by molar-refractivity contribution is -0.123. The Labute approximate surface area is 180 Å². The quantitative estimate of drug-likeness (QED) is 0.790. The highest BCUT2D eigenvalue weighted by molar-refractivity contribution is 6.32. The topological polar surface area (TPSA) is 88.8 Å². The molecule has 30 heavy (non-hydrogen) atoms. The van der Waals surface area contributed by atoms with E-state index < -0.39 is 0 Å². The maximum atomic E-state index is 12.9. The van der Waals surface area contributed by atoms with Crippen molar-refractivity contribution >= 4 is 23.4 Å². The lowest BCUT2D eigenvalue weighted by atomic mass is 10.0. The van der Waals surface area contributed by atoms with Crippen LogP contribution in [-0.2, 0) is 4.79 Å². The van der Waals surface area contributed by atoms with Crippen molar-refractivity contribution < 1.29 is 14.3 Å². The zero-order valence-electron chi connectivity index (χ0n) is 16.7. The van der Waals surface area contributed by atoms with Crippen LogP contribution in [0.4, 0.5) is 0 Å². The van der Waals surface area contributed by atoms with Crippen molar-refractivity contribution in [2.75, 3.05) is 19.6 Å². The fourth-order valence-electron chi connectivity index (χ4n) is 4.32. The molecule has 8 heteroatoms. The van der Waals surface area contributed by atoms with Crippen LogP contribution in [0.25, 0.3) is 0 Å².